The predicted molar refractivity (Wildman–Crippen MR) is 86.0 cm³/mol. The van der Waals surface area contributed by atoms with Gasteiger partial charge in [0.1, 0.15) is 29.8 Å². The predicted octanol–water partition coefficient (Wildman–Crippen LogP) is -1.90. The second-order valence-electron chi connectivity index (χ2n) is 5.55. The molecule has 10 heteroatoms. The fourth-order valence-corrected chi connectivity index (χ4v) is 2.83. The van der Waals surface area contributed by atoms with Crippen LogP contribution in [0.5, 0.6) is 0 Å². The van der Waals surface area contributed by atoms with Crippen LogP contribution >= 0.6 is 0 Å². The molecule has 0 radical (unpaired) electrons. The first kappa shape index (κ1) is 17.1. The number of ether oxygens (including phenoxy) is 1. The molecule has 0 saturated carbocycles. The summed E-state index contributed by atoms with van der Waals surface area (Å²) in [5.41, 5.74) is 11.5. The lowest BCUT2D eigenvalue weighted by Gasteiger charge is -2.17. The molecule has 1 aliphatic heterocycles. The minimum Gasteiger partial charge on any atom is -0.394 e. The molecule has 0 aliphatic carbocycles. The number of hydrogen-bond donors (Lipinski definition) is 5. The van der Waals surface area contributed by atoms with Gasteiger partial charge in [-0.15, -0.1) is 0 Å². The summed E-state index contributed by atoms with van der Waals surface area (Å²) in [5, 5.41) is 29.6. The maximum atomic E-state index is 11.7. The minimum absolute atomic E-state index is 0.00189. The van der Waals surface area contributed by atoms with Crippen LogP contribution in [0.2, 0.25) is 0 Å². The number of aliphatic hydroxyl groups excluding tert-OH is 3. The number of nitrogens with two attached hydrogens (primary N) is 2. The number of nitrogens with zero attached hydrogens (tertiary/aromatic N) is 3. The molecule has 7 N–H and O–H groups in total. The normalized spacial score (nSPS) is 25.8. The van der Waals surface area contributed by atoms with E-state index in [-0.39, 0.29) is 28.2 Å². The maximum Gasteiger partial charge on any atom is 0.251 e. The van der Waals surface area contributed by atoms with Crippen LogP contribution in [0, 0.1) is 11.8 Å². The topological polar surface area (TPSA) is 170 Å². The van der Waals surface area contributed by atoms with E-state index >= 15 is 0 Å². The first-order chi connectivity index (χ1) is 11.9. The Labute approximate surface area is 142 Å². The lowest BCUT2D eigenvalue weighted by molar-refractivity contribution is -0.0509. The molecule has 0 unspecified atom stereocenters. The van der Waals surface area contributed by atoms with E-state index in [0.29, 0.717) is 0 Å². The third-order valence-corrected chi connectivity index (χ3v) is 3.99. The molecule has 1 saturated heterocycles. The molecule has 132 valence electrons. The SMILES string of the molecule is CC#Cc1nc(N)c2c(C(N)=O)cn([C@@H]3O[C@H](CO)[C@@H](O)[C@H]3O)c2n1. The Kier molecular flexibility index (Phi) is 4.32. The standard InChI is InChI=1S/C15H17N5O5/c1-2-3-8-18-12(16)9-6(13(17)24)4-20(14(9)19-8)15-11(23)10(22)7(5-21)25-15/h4,7,10-11,15,21-23H,5H2,1H3,(H2,17,24)(H2,16,18,19)/t7-,10-,11-,15-/m1/s1. The first-order valence-electron chi connectivity index (χ1n) is 7.42. The first-order valence-corrected chi connectivity index (χ1v) is 7.42. The zero-order valence-corrected chi connectivity index (χ0v) is 13.2. The van der Waals surface area contributed by atoms with E-state index in [1.165, 1.54) is 10.8 Å². The number of hydrogen-bond acceptors (Lipinski definition) is 8. The highest BCUT2D eigenvalue weighted by atomic mass is 16.6. The summed E-state index contributed by atoms with van der Waals surface area (Å²) in [5.74, 6) is 4.66. The van der Waals surface area contributed by atoms with Crippen molar-refractivity contribution in [3.05, 3.63) is 17.6 Å². The van der Waals surface area contributed by atoms with Gasteiger partial charge >= 0.3 is 0 Å². The molecule has 2 aromatic heterocycles. The Morgan fingerprint density at radius 3 is 2.68 bits per heavy atom. The number of rotatable bonds is 3. The molecule has 10 nitrogen and oxygen atoms in total. The number of nitrogen functional groups attached to an aromatic ring is 1. The summed E-state index contributed by atoms with van der Waals surface area (Å²) < 4.78 is 6.82. The lowest BCUT2D eigenvalue weighted by atomic mass is 10.1. The highest BCUT2D eigenvalue weighted by Gasteiger charge is 2.44. The Morgan fingerprint density at radius 2 is 2.12 bits per heavy atom. The molecule has 2 aromatic rings. The lowest BCUT2D eigenvalue weighted by Crippen LogP contribution is -2.33. The Balaban J connectivity index is 2.24. The van der Waals surface area contributed by atoms with Crippen LogP contribution in [0.3, 0.4) is 0 Å². The molecule has 1 aliphatic rings. The zero-order chi connectivity index (χ0) is 18.3. The van der Waals surface area contributed by atoms with Gasteiger partial charge in [0.15, 0.2) is 6.23 Å². The molecule has 3 rings (SSSR count). The van der Waals surface area contributed by atoms with Crippen molar-refractivity contribution < 1.29 is 24.9 Å². The van der Waals surface area contributed by atoms with Crippen molar-refractivity contribution in [1.29, 1.82) is 0 Å². The third kappa shape index (κ3) is 2.69. The second-order valence-corrected chi connectivity index (χ2v) is 5.55. The van der Waals surface area contributed by atoms with E-state index in [4.69, 9.17) is 16.2 Å². The van der Waals surface area contributed by atoms with E-state index in [1.54, 1.807) is 6.92 Å². The number of anilines is 1. The number of aromatic nitrogens is 3. The van der Waals surface area contributed by atoms with Gasteiger partial charge in [-0.05, 0) is 12.8 Å². The molecule has 3 heterocycles. The highest BCUT2D eigenvalue weighted by Crippen LogP contribution is 2.34. The van der Waals surface area contributed by atoms with E-state index < -0.39 is 37.1 Å². The van der Waals surface area contributed by atoms with Crippen molar-refractivity contribution in [2.45, 2.75) is 31.5 Å². The van der Waals surface area contributed by atoms with Gasteiger partial charge in [-0.1, -0.05) is 5.92 Å². The van der Waals surface area contributed by atoms with Crippen LogP contribution in [-0.2, 0) is 4.74 Å². The molecule has 0 aromatic carbocycles. The number of amides is 1. The highest BCUT2D eigenvalue weighted by molar-refractivity contribution is 6.09. The van der Waals surface area contributed by atoms with Crippen molar-refractivity contribution in [2.75, 3.05) is 12.3 Å². The van der Waals surface area contributed by atoms with Crippen molar-refractivity contribution >= 4 is 22.8 Å². The summed E-state index contributed by atoms with van der Waals surface area (Å²) in [6, 6.07) is 0. The third-order valence-electron chi connectivity index (χ3n) is 3.99. The van der Waals surface area contributed by atoms with Gasteiger partial charge in [0.05, 0.1) is 17.6 Å². The summed E-state index contributed by atoms with van der Waals surface area (Å²) >= 11 is 0. The van der Waals surface area contributed by atoms with Gasteiger partial charge in [-0.25, -0.2) is 9.97 Å². The average Bonchev–Trinajstić information content (AvgIpc) is 3.07. The van der Waals surface area contributed by atoms with E-state index in [2.05, 4.69) is 21.8 Å². The van der Waals surface area contributed by atoms with Gasteiger partial charge in [0.25, 0.3) is 5.91 Å². The van der Waals surface area contributed by atoms with Crippen LogP contribution < -0.4 is 11.5 Å². The Bertz CT molecular complexity index is 899. The van der Waals surface area contributed by atoms with Crippen LogP contribution in [0.1, 0.15) is 29.3 Å². The molecule has 4 atom stereocenters. The van der Waals surface area contributed by atoms with Crippen LogP contribution in [0.15, 0.2) is 6.20 Å². The largest absolute Gasteiger partial charge is 0.394 e. The second kappa shape index (κ2) is 6.30. The summed E-state index contributed by atoms with van der Waals surface area (Å²) in [7, 11) is 0. The summed E-state index contributed by atoms with van der Waals surface area (Å²) in [6.45, 7) is 1.12. The number of carbonyl (C=O) groups excluding carboxylic acids is 1. The molecule has 1 amide bonds. The van der Waals surface area contributed by atoms with Gasteiger partial charge in [0, 0.05) is 6.20 Å². The number of aliphatic hydroxyl groups is 3. The van der Waals surface area contributed by atoms with Gasteiger partial charge < -0.3 is 36.1 Å². The van der Waals surface area contributed by atoms with Crippen LogP contribution in [0.25, 0.3) is 11.0 Å². The van der Waals surface area contributed by atoms with Gasteiger partial charge in [-0.3, -0.25) is 4.79 Å². The molecule has 0 bridgehead atoms. The van der Waals surface area contributed by atoms with Crippen molar-refractivity contribution in [3.63, 3.8) is 0 Å². The van der Waals surface area contributed by atoms with Crippen molar-refractivity contribution in [1.82, 2.24) is 14.5 Å². The fraction of sp³-hybridized carbons (Fsp3) is 0.400. The Hall–Kier alpha value is -2.71. The number of primary amides is 1. The van der Waals surface area contributed by atoms with Gasteiger partial charge in [-0.2, -0.15) is 0 Å². The fourth-order valence-electron chi connectivity index (χ4n) is 2.83. The monoisotopic (exact) mass is 347 g/mol. The molecular formula is C15H17N5O5. The number of carbonyl (C=O) groups is 1. The van der Waals surface area contributed by atoms with E-state index in [1.807, 2.05) is 0 Å². The average molecular weight is 347 g/mol. The van der Waals surface area contributed by atoms with E-state index in [9.17, 15) is 20.1 Å². The smallest absolute Gasteiger partial charge is 0.251 e. The molecule has 1 fully saturated rings. The molecule has 0 spiro atoms. The molecule has 25 heavy (non-hydrogen) atoms. The zero-order valence-electron chi connectivity index (χ0n) is 13.2. The van der Waals surface area contributed by atoms with Crippen LogP contribution in [-0.4, -0.2) is 60.7 Å². The molecular weight excluding hydrogens is 330 g/mol. The summed E-state index contributed by atoms with van der Waals surface area (Å²) in [4.78, 5) is 20.0. The summed E-state index contributed by atoms with van der Waals surface area (Å²) in [6.07, 6.45) is -3.42. The van der Waals surface area contributed by atoms with Crippen molar-refractivity contribution in [2.24, 2.45) is 5.73 Å². The minimum atomic E-state index is -1.36. The van der Waals surface area contributed by atoms with Gasteiger partial charge in [0.2, 0.25) is 5.82 Å². The van der Waals surface area contributed by atoms with Crippen LogP contribution in [0.4, 0.5) is 5.82 Å². The quantitative estimate of drug-likeness (QED) is 0.401. The number of fused-ring (bicyclic) bond motifs is 1. The van der Waals surface area contributed by atoms with Crippen molar-refractivity contribution in [3.8, 4) is 11.8 Å². The Morgan fingerprint density at radius 1 is 1.40 bits per heavy atom. The maximum absolute atomic E-state index is 11.7. The van der Waals surface area contributed by atoms with E-state index in [0.717, 1.165) is 0 Å².